The van der Waals surface area contributed by atoms with Crippen molar-refractivity contribution < 1.29 is 4.74 Å². The predicted octanol–water partition coefficient (Wildman–Crippen LogP) is 2.01. The lowest BCUT2D eigenvalue weighted by molar-refractivity contribution is 0.303. The minimum Gasteiger partial charge on any atom is -0.490 e. The molecule has 3 rings (SSSR count). The highest BCUT2D eigenvalue weighted by Gasteiger charge is 2.24. The fraction of sp³-hybridized carbons (Fsp3) is 0.571. The summed E-state index contributed by atoms with van der Waals surface area (Å²) in [5.74, 6) is 1.67. The molecule has 2 fully saturated rings. The van der Waals surface area contributed by atoms with Crippen molar-refractivity contribution in [3.63, 3.8) is 0 Å². The van der Waals surface area contributed by atoms with Crippen molar-refractivity contribution in [2.24, 2.45) is 11.7 Å². The van der Waals surface area contributed by atoms with Crippen LogP contribution in [0.4, 0.5) is 5.69 Å². The van der Waals surface area contributed by atoms with Crippen LogP contribution in [-0.4, -0.2) is 25.7 Å². The fourth-order valence-corrected chi connectivity index (χ4v) is 2.39. The molecule has 1 aromatic carbocycles. The molecule has 1 saturated heterocycles. The van der Waals surface area contributed by atoms with E-state index in [0.717, 1.165) is 25.4 Å². The van der Waals surface area contributed by atoms with Crippen LogP contribution in [0.25, 0.3) is 0 Å². The molecule has 0 radical (unpaired) electrons. The summed E-state index contributed by atoms with van der Waals surface area (Å²) >= 11 is 0. The smallest absolute Gasteiger partial charge is 0.121 e. The maximum Gasteiger partial charge on any atom is 0.121 e. The average Bonchev–Trinajstić information content (AvgIpc) is 3.04. The fourth-order valence-electron chi connectivity index (χ4n) is 2.39. The summed E-state index contributed by atoms with van der Waals surface area (Å²) in [6, 6.07) is 8.47. The van der Waals surface area contributed by atoms with Gasteiger partial charge in [-0.15, -0.1) is 0 Å². The Hall–Kier alpha value is -1.22. The average molecular weight is 232 g/mol. The van der Waals surface area contributed by atoms with Gasteiger partial charge in [-0.2, -0.15) is 0 Å². The Balaban J connectivity index is 1.69. The molecule has 0 bridgehead atoms. The number of nitrogens with two attached hydrogens (primary N) is 1. The van der Waals surface area contributed by atoms with Crippen LogP contribution in [0.15, 0.2) is 24.3 Å². The number of ether oxygens (including phenoxy) is 1. The van der Waals surface area contributed by atoms with Crippen LogP contribution in [0, 0.1) is 5.92 Å². The van der Waals surface area contributed by atoms with Crippen molar-refractivity contribution in [3.8, 4) is 5.75 Å². The summed E-state index contributed by atoms with van der Waals surface area (Å²) in [7, 11) is 0. The maximum atomic E-state index is 5.83. The van der Waals surface area contributed by atoms with Crippen molar-refractivity contribution in [3.05, 3.63) is 24.3 Å². The summed E-state index contributed by atoms with van der Waals surface area (Å²) in [5.41, 5.74) is 7.00. The Morgan fingerprint density at radius 2 is 2.18 bits per heavy atom. The second-order valence-corrected chi connectivity index (χ2v) is 5.15. The summed E-state index contributed by atoms with van der Waals surface area (Å²) in [4.78, 5) is 2.41. The highest BCUT2D eigenvalue weighted by molar-refractivity contribution is 5.51. The molecule has 0 aromatic heterocycles. The standard InChI is InChI=1S/C14H20N2O/c15-9-11-6-7-16(10-11)12-2-1-3-14(8-12)17-13-4-5-13/h1-3,8,11,13H,4-7,9-10,15H2. The molecule has 3 nitrogen and oxygen atoms in total. The first-order valence-electron chi connectivity index (χ1n) is 6.57. The van der Waals surface area contributed by atoms with Gasteiger partial charge in [0, 0.05) is 24.8 Å². The van der Waals surface area contributed by atoms with E-state index in [9.17, 15) is 0 Å². The van der Waals surface area contributed by atoms with Crippen molar-refractivity contribution >= 4 is 5.69 Å². The first-order chi connectivity index (χ1) is 8.35. The lowest BCUT2D eigenvalue weighted by atomic mass is 10.1. The normalized spacial score (nSPS) is 24.1. The van der Waals surface area contributed by atoms with E-state index in [2.05, 4.69) is 29.2 Å². The number of hydrogen-bond donors (Lipinski definition) is 1. The van der Waals surface area contributed by atoms with Gasteiger partial charge in [-0.05, 0) is 43.9 Å². The number of nitrogens with zero attached hydrogens (tertiary/aromatic N) is 1. The Labute approximate surface area is 103 Å². The monoisotopic (exact) mass is 232 g/mol. The molecule has 1 unspecified atom stereocenters. The molecule has 1 aromatic rings. The summed E-state index contributed by atoms with van der Waals surface area (Å²) in [5, 5.41) is 0. The third-order valence-corrected chi connectivity index (χ3v) is 3.63. The first-order valence-corrected chi connectivity index (χ1v) is 6.57. The van der Waals surface area contributed by atoms with Gasteiger partial charge in [0.25, 0.3) is 0 Å². The van der Waals surface area contributed by atoms with Crippen LogP contribution in [0.2, 0.25) is 0 Å². The number of benzene rings is 1. The van der Waals surface area contributed by atoms with Crippen LogP contribution >= 0.6 is 0 Å². The zero-order chi connectivity index (χ0) is 11.7. The minimum atomic E-state index is 0.473. The summed E-state index contributed by atoms with van der Waals surface area (Å²) in [6.07, 6.45) is 4.11. The van der Waals surface area contributed by atoms with Gasteiger partial charge in [0.1, 0.15) is 5.75 Å². The third kappa shape index (κ3) is 2.55. The highest BCUT2D eigenvalue weighted by Crippen LogP contribution is 2.30. The lowest BCUT2D eigenvalue weighted by Gasteiger charge is -2.19. The summed E-state index contributed by atoms with van der Waals surface area (Å²) in [6.45, 7) is 3.01. The van der Waals surface area contributed by atoms with Gasteiger partial charge >= 0.3 is 0 Å². The molecule has 17 heavy (non-hydrogen) atoms. The van der Waals surface area contributed by atoms with E-state index in [-0.39, 0.29) is 0 Å². The van der Waals surface area contributed by atoms with Crippen molar-refractivity contribution in [1.29, 1.82) is 0 Å². The summed E-state index contributed by atoms with van der Waals surface area (Å²) < 4.78 is 5.83. The molecular formula is C14H20N2O. The Morgan fingerprint density at radius 1 is 1.29 bits per heavy atom. The van der Waals surface area contributed by atoms with E-state index < -0.39 is 0 Å². The van der Waals surface area contributed by atoms with Crippen LogP contribution in [0.3, 0.4) is 0 Å². The van der Waals surface area contributed by atoms with Gasteiger partial charge in [-0.3, -0.25) is 0 Å². The Bertz CT molecular complexity index is 390. The predicted molar refractivity (Wildman–Crippen MR) is 69.5 cm³/mol. The molecule has 0 spiro atoms. The van der Waals surface area contributed by atoms with E-state index in [1.165, 1.54) is 24.9 Å². The Kier molecular flexibility index (Phi) is 2.93. The molecule has 2 aliphatic rings. The van der Waals surface area contributed by atoms with E-state index in [1.54, 1.807) is 0 Å². The molecule has 1 saturated carbocycles. The second-order valence-electron chi connectivity index (χ2n) is 5.15. The first kappa shape index (κ1) is 10.9. The van der Waals surface area contributed by atoms with Gasteiger partial charge in [0.2, 0.25) is 0 Å². The van der Waals surface area contributed by atoms with Crippen LogP contribution in [-0.2, 0) is 0 Å². The van der Waals surface area contributed by atoms with Gasteiger partial charge in [-0.25, -0.2) is 0 Å². The molecule has 92 valence electrons. The van der Waals surface area contributed by atoms with Gasteiger partial charge in [0.05, 0.1) is 6.10 Å². The van der Waals surface area contributed by atoms with Crippen LogP contribution in [0.1, 0.15) is 19.3 Å². The molecular weight excluding hydrogens is 212 g/mol. The maximum absolute atomic E-state index is 5.83. The number of anilines is 1. The number of hydrogen-bond acceptors (Lipinski definition) is 3. The zero-order valence-electron chi connectivity index (χ0n) is 10.1. The van der Waals surface area contributed by atoms with E-state index in [4.69, 9.17) is 10.5 Å². The van der Waals surface area contributed by atoms with Crippen molar-refractivity contribution in [2.75, 3.05) is 24.5 Å². The molecule has 1 aliphatic carbocycles. The minimum absolute atomic E-state index is 0.473. The van der Waals surface area contributed by atoms with Crippen molar-refractivity contribution in [1.82, 2.24) is 0 Å². The van der Waals surface area contributed by atoms with E-state index in [1.807, 2.05) is 0 Å². The van der Waals surface area contributed by atoms with Gasteiger partial charge in [0.15, 0.2) is 0 Å². The van der Waals surface area contributed by atoms with Crippen LogP contribution in [0.5, 0.6) is 5.75 Å². The lowest BCUT2D eigenvalue weighted by Crippen LogP contribution is -2.22. The van der Waals surface area contributed by atoms with Crippen molar-refractivity contribution in [2.45, 2.75) is 25.4 Å². The topological polar surface area (TPSA) is 38.5 Å². The molecule has 3 heteroatoms. The molecule has 1 atom stereocenters. The van der Waals surface area contributed by atoms with Gasteiger partial charge in [-0.1, -0.05) is 6.07 Å². The van der Waals surface area contributed by atoms with Gasteiger partial charge < -0.3 is 15.4 Å². The number of rotatable bonds is 4. The SMILES string of the molecule is NCC1CCN(c2cccc(OC3CC3)c2)C1. The molecule has 1 heterocycles. The highest BCUT2D eigenvalue weighted by atomic mass is 16.5. The largest absolute Gasteiger partial charge is 0.490 e. The third-order valence-electron chi connectivity index (χ3n) is 3.63. The van der Waals surface area contributed by atoms with E-state index >= 15 is 0 Å². The molecule has 1 aliphatic heterocycles. The molecule has 0 amide bonds. The second kappa shape index (κ2) is 4.57. The van der Waals surface area contributed by atoms with E-state index in [0.29, 0.717) is 12.0 Å². The Morgan fingerprint density at radius 3 is 2.88 bits per heavy atom. The quantitative estimate of drug-likeness (QED) is 0.863. The zero-order valence-corrected chi connectivity index (χ0v) is 10.1. The molecule has 2 N–H and O–H groups in total. The van der Waals surface area contributed by atoms with Crippen LogP contribution < -0.4 is 15.4 Å².